The number of aliphatic carboxylic acids is 1. The molecule has 0 amide bonds. The van der Waals surface area contributed by atoms with E-state index in [1.165, 1.54) is 16.3 Å². The van der Waals surface area contributed by atoms with Gasteiger partial charge in [-0.25, -0.2) is 0 Å². The first kappa shape index (κ1) is 23.9. The standard InChI is InChI=1S/C31H32N2O3/c1-22(27-10-6-8-24-7-2-3-9-28(24)27)32-20-19-26-21-33(29-11-4-5-12-30(29)36-26)25-16-13-23(14-17-25)15-18-31(34)35/h2-14,16-17,22,26,32H,15,18-21H2,1H3,(H,34,35). The largest absolute Gasteiger partial charge is 0.486 e. The molecule has 0 aromatic heterocycles. The van der Waals surface area contributed by atoms with E-state index in [0.717, 1.165) is 42.2 Å². The maximum Gasteiger partial charge on any atom is 0.303 e. The molecule has 0 saturated heterocycles. The molecule has 4 aromatic rings. The van der Waals surface area contributed by atoms with Gasteiger partial charge in [-0.05, 0) is 72.5 Å². The van der Waals surface area contributed by atoms with Crippen LogP contribution < -0.4 is 15.0 Å². The molecule has 5 heteroatoms. The van der Waals surface area contributed by atoms with E-state index in [4.69, 9.17) is 9.84 Å². The Hall–Kier alpha value is -3.83. The van der Waals surface area contributed by atoms with Gasteiger partial charge in [-0.3, -0.25) is 4.79 Å². The number of rotatable bonds is 9. The van der Waals surface area contributed by atoms with Crippen molar-refractivity contribution in [2.75, 3.05) is 18.0 Å². The highest BCUT2D eigenvalue weighted by atomic mass is 16.5. The van der Waals surface area contributed by atoms with Crippen molar-refractivity contribution < 1.29 is 14.6 Å². The van der Waals surface area contributed by atoms with Crippen LogP contribution in [0.15, 0.2) is 91.0 Å². The summed E-state index contributed by atoms with van der Waals surface area (Å²) in [6.45, 7) is 3.83. The van der Waals surface area contributed by atoms with Crippen LogP contribution in [-0.2, 0) is 11.2 Å². The second kappa shape index (κ2) is 10.8. The predicted octanol–water partition coefficient (Wildman–Crippen LogP) is 6.50. The Balaban J connectivity index is 1.26. The van der Waals surface area contributed by atoms with Crippen LogP contribution in [0.4, 0.5) is 11.4 Å². The maximum absolute atomic E-state index is 10.9. The molecule has 0 saturated carbocycles. The smallest absolute Gasteiger partial charge is 0.303 e. The van der Waals surface area contributed by atoms with E-state index in [-0.39, 0.29) is 18.6 Å². The molecule has 184 valence electrons. The Morgan fingerprint density at radius 2 is 1.75 bits per heavy atom. The fraction of sp³-hybridized carbons (Fsp3) is 0.258. The van der Waals surface area contributed by atoms with Gasteiger partial charge in [0.15, 0.2) is 0 Å². The number of para-hydroxylation sites is 2. The molecular formula is C31H32N2O3. The normalized spacial score (nSPS) is 15.8. The van der Waals surface area contributed by atoms with E-state index in [9.17, 15) is 4.79 Å². The van der Waals surface area contributed by atoms with Crippen LogP contribution >= 0.6 is 0 Å². The van der Waals surface area contributed by atoms with Gasteiger partial charge in [0.1, 0.15) is 11.9 Å². The highest BCUT2D eigenvalue weighted by Crippen LogP contribution is 2.38. The number of hydrogen-bond donors (Lipinski definition) is 2. The summed E-state index contributed by atoms with van der Waals surface area (Å²) in [4.78, 5) is 13.2. The monoisotopic (exact) mass is 480 g/mol. The van der Waals surface area contributed by atoms with Crippen LogP contribution in [-0.4, -0.2) is 30.3 Å². The second-order valence-electron chi connectivity index (χ2n) is 9.41. The fourth-order valence-corrected chi connectivity index (χ4v) is 4.99. The van der Waals surface area contributed by atoms with Crippen molar-refractivity contribution in [1.29, 1.82) is 0 Å². The molecule has 0 radical (unpaired) electrons. The highest BCUT2D eigenvalue weighted by Gasteiger charge is 2.26. The minimum absolute atomic E-state index is 0.0544. The fourth-order valence-electron chi connectivity index (χ4n) is 4.99. The number of carbonyl (C=O) groups is 1. The Labute approximate surface area is 212 Å². The van der Waals surface area contributed by atoms with E-state index in [1.54, 1.807) is 0 Å². The molecule has 36 heavy (non-hydrogen) atoms. The van der Waals surface area contributed by atoms with Crippen molar-refractivity contribution >= 4 is 28.1 Å². The van der Waals surface area contributed by atoms with Crippen molar-refractivity contribution in [3.63, 3.8) is 0 Å². The molecule has 1 aliphatic rings. The lowest BCUT2D eigenvalue weighted by Crippen LogP contribution is -2.39. The number of anilines is 2. The Kier molecular flexibility index (Phi) is 7.19. The number of nitrogens with one attached hydrogen (secondary N) is 1. The van der Waals surface area contributed by atoms with Gasteiger partial charge in [-0.1, -0.05) is 66.7 Å². The second-order valence-corrected chi connectivity index (χ2v) is 9.41. The van der Waals surface area contributed by atoms with Gasteiger partial charge in [-0.15, -0.1) is 0 Å². The Morgan fingerprint density at radius 1 is 1.00 bits per heavy atom. The molecule has 5 rings (SSSR count). The number of ether oxygens (including phenoxy) is 1. The first-order valence-corrected chi connectivity index (χ1v) is 12.6. The van der Waals surface area contributed by atoms with Crippen LogP contribution in [0.1, 0.15) is 36.9 Å². The number of aryl methyl sites for hydroxylation is 1. The Morgan fingerprint density at radius 3 is 2.58 bits per heavy atom. The topological polar surface area (TPSA) is 61.8 Å². The first-order valence-electron chi connectivity index (χ1n) is 12.6. The van der Waals surface area contributed by atoms with Gasteiger partial charge in [0.25, 0.3) is 0 Å². The van der Waals surface area contributed by atoms with Crippen molar-refractivity contribution in [3.8, 4) is 5.75 Å². The molecule has 4 aromatic carbocycles. The maximum atomic E-state index is 10.9. The quantitative estimate of drug-likeness (QED) is 0.286. The van der Waals surface area contributed by atoms with Gasteiger partial charge in [0.05, 0.1) is 12.2 Å². The molecule has 2 N–H and O–H groups in total. The molecular weight excluding hydrogens is 448 g/mol. The van der Waals surface area contributed by atoms with E-state index in [2.05, 4.69) is 77.8 Å². The first-order chi connectivity index (χ1) is 17.6. The predicted molar refractivity (Wildman–Crippen MR) is 145 cm³/mol. The number of nitrogens with zero attached hydrogens (tertiary/aromatic N) is 1. The SMILES string of the molecule is CC(NCCC1CN(c2ccc(CCC(=O)O)cc2)c2ccccc2O1)c1cccc2ccccc12. The zero-order valence-electron chi connectivity index (χ0n) is 20.6. The van der Waals surface area contributed by atoms with Crippen molar-refractivity contribution in [2.24, 2.45) is 0 Å². The zero-order valence-corrected chi connectivity index (χ0v) is 20.6. The van der Waals surface area contributed by atoms with E-state index >= 15 is 0 Å². The summed E-state index contributed by atoms with van der Waals surface area (Å²) in [5, 5.41) is 15.2. The van der Waals surface area contributed by atoms with Crippen molar-refractivity contribution in [3.05, 3.63) is 102 Å². The van der Waals surface area contributed by atoms with Gasteiger partial charge >= 0.3 is 5.97 Å². The molecule has 5 nitrogen and oxygen atoms in total. The third kappa shape index (κ3) is 5.37. The van der Waals surface area contributed by atoms with Crippen molar-refractivity contribution in [2.45, 2.75) is 38.3 Å². The Bertz CT molecular complexity index is 1330. The third-order valence-corrected chi connectivity index (χ3v) is 6.92. The zero-order chi connectivity index (χ0) is 24.9. The summed E-state index contributed by atoms with van der Waals surface area (Å²) in [5.74, 6) is 0.123. The molecule has 0 bridgehead atoms. The van der Waals surface area contributed by atoms with Gasteiger partial charge < -0.3 is 20.1 Å². The number of fused-ring (bicyclic) bond motifs is 2. The summed E-state index contributed by atoms with van der Waals surface area (Å²) >= 11 is 0. The molecule has 2 unspecified atom stereocenters. The van der Waals surface area contributed by atoms with Crippen LogP contribution in [0.2, 0.25) is 0 Å². The van der Waals surface area contributed by atoms with E-state index < -0.39 is 5.97 Å². The lowest BCUT2D eigenvalue weighted by molar-refractivity contribution is -0.136. The lowest BCUT2D eigenvalue weighted by atomic mass is 9.99. The number of carboxylic acids is 1. The molecule has 0 spiro atoms. The average molecular weight is 481 g/mol. The third-order valence-electron chi connectivity index (χ3n) is 6.92. The average Bonchev–Trinajstić information content (AvgIpc) is 2.91. The van der Waals surface area contributed by atoms with Crippen LogP contribution in [0, 0.1) is 0 Å². The molecule has 2 atom stereocenters. The number of carboxylic acid groups (broad SMARTS) is 1. The lowest BCUT2D eigenvalue weighted by Gasteiger charge is -2.36. The molecule has 0 aliphatic carbocycles. The molecule has 0 fully saturated rings. The molecule has 1 aliphatic heterocycles. The van der Waals surface area contributed by atoms with Gasteiger partial charge in [-0.2, -0.15) is 0 Å². The van der Waals surface area contributed by atoms with Gasteiger partial charge in [0.2, 0.25) is 0 Å². The summed E-state index contributed by atoms with van der Waals surface area (Å²) in [7, 11) is 0. The summed E-state index contributed by atoms with van der Waals surface area (Å²) < 4.78 is 6.38. The van der Waals surface area contributed by atoms with Gasteiger partial charge in [0, 0.05) is 18.2 Å². The minimum atomic E-state index is -0.771. The summed E-state index contributed by atoms with van der Waals surface area (Å²) in [5.41, 5.74) is 4.49. The minimum Gasteiger partial charge on any atom is -0.486 e. The van der Waals surface area contributed by atoms with E-state index in [0.29, 0.717) is 6.42 Å². The van der Waals surface area contributed by atoms with Crippen LogP contribution in [0.25, 0.3) is 10.8 Å². The number of benzene rings is 4. The summed E-state index contributed by atoms with van der Waals surface area (Å²) in [6.07, 6.45) is 1.63. The van der Waals surface area contributed by atoms with Crippen LogP contribution in [0.3, 0.4) is 0 Å². The molecule has 1 heterocycles. The highest BCUT2D eigenvalue weighted by molar-refractivity contribution is 5.86. The van der Waals surface area contributed by atoms with Crippen LogP contribution in [0.5, 0.6) is 5.75 Å². The van der Waals surface area contributed by atoms with E-state index in [1.807, 2.05) is 30.3 Å². The summed E-state index contributed by atoms with van der Waals surface area (Å²) in [6, 6.07) is 31.6. The van der Waals surface area contributed by atoms with Crippen molar-refractivity contribution in [1.82, 2.24) is 5.32 Å². The number of hydrogen-bond acceptors (Lipinski definition) is 4.